The van der Waals surface area contributed by atoms with E-state index in [0.29, 0.717) is 37.0 Å². The summed E-state index contributed by atoms with van der Waals surface area (Å²) >= 11 is 0. The van der Waals surface area contributed by atoms with Crippen LogP contribution in [-0.2, 0) is 24.3 Å². The molecule has 0 radical (unpaired) electrons. The van der Waals surface area contributed by atoms with E-state index in [1.807, 2.05) is 0 Å². The summed E-state index contributed by atoms with van der Waals surface area (Å²) in [5.74, 6) is 0.978. The number of nitrogens with one attached hydrogen (secondary N) is 1. The quantitative estimate of drug-likeness (QED) is 0.600. The van der Waals surface area contributed by atoms with Crippen LogP contribution in [0.3, 0.4) is 0 Å². The summed E-state index contributed by atoms with van der Waals surface area (Å²) in [5, 5.41) is 2.67. The molecule has 30 heavy (non-hydrogen) atoms. The van der Waals surface area contributed by atoms with Crippen LogP contribution in [0.25, 0.3) is 0 Å². The van der Waals surface area contributed by atoms with Gasteiger partial charge in [-0.3, -0.25) is 9.59 Å². The fourth-order valence-corrected chi connectivity index (χ4v) is 6.33. The Labute approximate surface area is 179 Å². The molecule has 3 rings (SSSR count). The standard InChI is InChI=1S/C22H32N2O5S/c1-4-24(5-2)30(27,28)19-9-6-15(3)20(13-19)23-21(25)14-29-22(26)12-18-11-16-7-8-17(18)10-16/h6,9,13,16-18H,4-5,7-8,10-12,14H2,1-3H3,(H,23,25). The minimum Gasteiger partial charge on any atom is -0.456 e. The summed E-state index contributed by atoms with van der Waals surface area (Å²) in [6.07, 6.45) is 5.19. The molecule has 2 saturated carbocycles. The monoisotopic (exact) mass is 436 g/mol. The Hall–Kier alpha value is -1.93. The first-order chi connectivity index (χ1) is 14.2. The third-order valence-corrected chi connectivity index (χ3v) is 8.55. The van der Waals surface area contributed by atoms with Crippen LogP contribution in [-0.4, -0.2) is 44.3 Å². The van der Waals surface area contributed by atoms with Gasteiger partial charge in [0.05, 0.1) is 4.90 Å². The number of aryl methyl sites for hydroxylation is 1. The van der Waals surface area contributed by atoms with Gasteiger partial charge in [0.1, 0.15) is 0 Å². The normalized spacial score (nSPS) is 23.0. The van der Waals surface area contributed by atoms with Gasteiger partial charge in [-0.15, -0.1) is 0 Å². The number of amides is 1. The number of nitrogens with zero attached hydrogens (tertiary/aromatic N) is 1. The summed E-state index contributed by atoms with van der Waals surface area (Å²) in [5.41, 5.74) is 1.13. The average Bonchev–Trinajstić information content (AvgIpc) is 3.32. The Kier molecular flexibility index (Phi) is 7.18. The van der Waals surface area contributed by atoms with Crippen molar-refractivity contribution in [3.05, 3.63) is 23.8 Å². The van der Waals surface area contributed by atoms with Crippen molar-refractivity contribution in [2.24, 2.45) is 17.8 Å². The molecule has 1 aromatic rings. The molecule has 3 unspecified atom stereocenters. The molecule has 2 bridgehead atoms. The van der Waals surface area contributed by atoms with Crippen LogP contribution in [0.4, 0.5) is 5.69 Å². The minimum atomic E-state index is -3.62. The number of fused-ring (bicyclic) bond motifs is 2. The highest BCUT2D eigenvalue weighted by atomic mass is 32.2. The molecule has 3 atom stereocenters. The summed E-state index contributed by atoms with van der Waals surface area (Å²) < 4.78 is 32.0. The third kappa shape index (κ3) is 5.03. The number of sulfonamides is 1. The molecule has 1 N–H and O–H groups in total. The van der Waals surface area contributed by atoms with Gasteiger partial charge in [-0.05, 0) is 61.6 Å². The lowest BCUT2D eigenvalue weighted by atomic mass is 9.86. The van der Waals surface area contributed by atoms with E-state index in [-0.39, 0.29) is 17.5 Å². The fraction of sp³-hybridized carbons (Fsp3) is 0.636. The van der Waals surface area contributed by atoms with Crippen molar-refractivity contribution < 1.29 is 22.7 Å². The van der Waals surface area contributed by atoms with Gasteiger partial charge in [0.2, 0.25) is 10.0 Å². The largest absolute Gasteiger partial charge is 0.456 e. The Morgan fingerprint density at radius 2 is 1.90 bits per heavy atom. The van der Waals surface area contributed by atoms with Crippen molar-refractivity contribution in [2.45, 2.75) is 57.8 Å². The van der Waals surface area contributed by atoms with Gasteiger partial charge in [-0.25, -0.2) is 8.42 Å². The molecule has 1 aromatic carbocycles. The van der Waals surface area contributed by atoms with Gasteiger partial charge in [-0.2, -0.15) is 4.31 Å². The van der Waals surface area contributed by atoms with E-state index in [0.717, 1.165) is 17.9 Å². The Morgan fingerprint density at radius 1 is 1.17 bits per heavy atom. The second kappa shape index (κ2) is 9.47. The fourth-order valence-electron chi connectivity index (χ4n) is 4.84. The number of carbonyl (C=O) groups is 2. The van der Waals surface area contributed by atoms with Crippen molar-refractivity contribution in [3.8, 4) is 0 Å². The molecule has 0 aliphatic heterocycles. The first-order valence-corrected chi connectivity index (χ1v) is 12.2. The van der Waals surface area contributed by atoms with Gasteiger partial charge in [0, 0.05) is 25.2 Å². The lowest BCUT2D eigenvalue weighted by molar-refractivity contribution is -0.148. The molecule has 2 fully saturated rings. The van der Waals surface area contributed by atoms with Gasteiger partial charge in [-0.1, -0.05) is 26.3 Å². The summed E-state index contributed by atoms with van der Waals surface area (Å²) in [4.78, 5) is 24.6. The molecule has 166 valence electrons. The van der Waals surface area contributed by atoms with E-state index in [1.54, 1.807) is 26.8 Å². The third-order valence-electron chi connectivity index (χ3n) is 6.50. The van der Waals surface area contributed by atoms with Crippen molar-refractivity contribution in [2.75, 3.05) is 25.0 Å². The molecule has 1 amide bonds. The van der Waals surface area contributed by atoms with E-state index in [2.05, 4.69) is 5.32 Å². The molecule has 0 heterocycles. The van der Waals surface area contributed by atoms with Crippen molar-refractivity contribution in [1.82, 2.24) is 4.31 Å². The summed E-state index contributed by atoms with van der Waals surface area (Å²) in [6.45, 7) is 5.71. The van der Waals surface area contributed by atoms with Gasteiger partial charge in [0.25, 0.3) is 5.91 Å². The number of hydrogen-bond donors (Lipinski definition) is 1. The number of ether oxygens (including phenoxy) is 1. The molecule has 8 heteroatoms. The highest BCUT2D eigenvalue weighted by Crippen LogP contribution is 2.49. The first kappa shape index (κ1) is 22.7. The number of rotatable bonds is 9. The number of benzene rings is 1. The Balaban J connectivity index is 1.56. The molecule has 0 saturated heterocycles. The number of esters is 1. The SMILES string of the molecule is CCN(CC)S(=O)(=O)c1ccc(C)c(NC(=O)COC(=O)CC2CC3CCC2C3)c1. The highest BCUT2D eigenvalue weighted by Gasteiger charge is 2.40. The number of hydrogen-bond acceptors (Lipinski definition) is 5. The van der Waals surface area contributed by atoms with Crippen LogP contribution in [0.1, 0.15) is 51.5 Å². The second-order valence-electron chi connectivity index (χ2n) is 8.41. The molecular formula is C22H32N2O5S. The predicted octanol–water partition coefficient (Wildman–Crippen LogP) is 3.33. The van der Waals surface area contributed by atoms with Crippen molar-refractivity contribution >= 4 is 27.6 Å². The molecular weight excluding hydrogens is 404 g/mol. The zero-order chi connectivity index (χ0) is 21.9. The second-order valence-corrected chi connectivity index (χ2v) is 10.4. The van der Waals surface area contributed by atoms with E-state index in [1.165, 1.54) is 35.7 Å². The van der Waals surface area contributed by atoms with Gasteiger partial charge in [0.15, 0.2) is 6.61 Å². The summed E-state index contributed by atoms with van der Waals surface area (Å²) in [6, 6.07) is 4.65. The maximum atomic E-state index is 12.7. The van der Waals surface area contributed by atoms with Crippen LogP contribution in [0.15, 0.2) is 23.1 Å². The van der Waals surface area contributed by atoms with E-state index in [4.69, 9.17) is 4.74 Å². The molecule has 2 aliphatic carbocycles. The zero-order valence-electron chi connectivity index (χ0n) is 18.0. The van der Waals surface area contributed by atoms with Gasteiger partial charge < -0.3 is 10.1 Å². The van der Waals surface area contributed by atoms with Crippen molar-refractivity contribution in [3.63, 3.8) is 0 Å². The van der Waals surface area contributed by atoms with Crippen LogP contribution in [0.5, 0.6) is 0 Å². The minimum absolute atomic E-state index is 0.125. The predicted molar refractivity (Wildman–Crippen MR) is 114 cm³/mol. The lowest BCUT2D eigenvalue weighted by Gasteiger charge is -2.20. The van der Waals surface area contributed by atoms with E-state index < -0.39 is 15.9 Å². The summed E-state index contributed by atoms with van der Waals surface area (Å²) in [7, 11) is -3.62. The molecule has 7 nitrogen and oxygen atoms in total. The molecule has 2 aliphatic rings. The van der Waals surface area contributed by atoms with E-state index in [9.17, 15) is 18.0 Å². The number of anilines is 1. The van der Waals surface area contributed by atoms with Gasteiger partial charge >= 0.3 is 5.97 Å². The number of carbonyl (C=O) groups excluding carboxylic acids is 2. The van der Waals surface area contributed by atoms with Crippen LogP contribution in [0.2, 0.25) is 0 Å². The first-order valence-electron chi connectivity index (χ1n) is 10.8. The lowest BCUT2D eigenvalue weighted by Crippen LogP contribution is -2.30. The maximum absolute atomic E-state index is 12.7. The Bertz CT molecular complexity index is 895. The maximum Gasteiger partial charge on any atom is 0.306 e. The molecule has 0 aromatic heterocycles. The smallest absolute Gasteiger partial charge is 0.306 e. The molecule has 0 spiro atoms. The average molecular weight is 437 g/mol. The van der Waals surface area contributed by atoms with Crippen LogP contribution in [0, 0.1) is 24.7 Å². The topological polar surface area (TPSA) is 92.8 Å². The highest BCUT2D eigenvalue weighted by molar-refractivity contribution is 7.89. The zero-order valence-corrected chi connectivity index (χ0v) is 18.8. The Morgan fingerprint density at radius 3 is 2.50 bits per heavy atom. The van der Waals surface area contributed by atoms with E-state index >= 15 is 0 Å². The van der Waals surface area contributed by atoms with Crippen molar-refractivity contribution in [1.29, 1.82) is 0 Å². The van der Waals surface area contributed by atoms with Crippen LogP contribution < -0.4 is 5.32 Å². The van der Waals surface area contributed by atoms with Crippen LogP contribution >= 0.6 is 0 Å².